The Morgan fingerprint density at radius 2 is 0.750 bits per heavy atom. The van der Waals surface area contributed by atoms with Gasteiger partial charge in [0.1, 0.15) is 0 Å². The zero-order chi connectivity index (χ0) is 35.7. The quantitative estimate of drug-likeness (QED) is 0.149. The first-order valence-electron chi connectivity index (χ1n) is 14.3. The number of benzene rings is 2. The van der Waals surface area contributed by atoms with Gasteiger partial charge in [-0.05, 0) is 51.0 Å². The van der Waals surface area contributed by atoms with E-state index < -0.39 is 0 Å². The topological polar surface area (TPSA) is 99.0 Å². The van der Waals surface area contributed by atoms with Crippen molar-refractivity contribution in [2.45, 2.75) is 107 Å². The number of halogens is 4. The van der Waals surface area contributed by atoms with Crippen LogP contribution in [0.2, 0.25) is 0 Å². The van der Waals surface area contributed by atoms with Gasteiger partial charge in [0.15, 0.2) is 0 Å². The first kappa shape index (κ1) is 67.5. The molecule has 2 aromatic rings. The van der Waals surface area contributed by atoms with Gasteiger partial charge in [-0.3, -0.25) is 9.98 Å². The van der Waals surface area contributed by atoms with E-state index >= 15 is 0 Å². The van der Waals surface area contributed by atoms with Crippen molar-refractivity contribution in [3.8, 4) is 11.5 Å². The molecule has 0 atom stereocenters. The van der Waals surface area contributed by atoms with Gasteiger partial charge in [0, 0.05) is 42.4 Å². The number of rotatable bonds is 8. The summed E-state index contributed by atoms with van der Waals surface area (Å²) in [5, 5.41) is 33.3. The monoisotopic (exact) mass is 1120 g/mol. The fraction of sp³-hybridized carbons (Fsp3) is 0.471. The Kier molecular flexibility index (Phi) is 57.9. The molecule has 0 bridgehead atoms. The van der Waals surface area contributed by atoms with Crippen molar-refractivity contribution in [2.75, 3.05) is 0 Å². The molecule has 0 fully saturated rings. The van der Waals surface area contributed by atoms with E-state index in [1.807, 2.05) is 67.5 Å². The van der Waals surface area contributed by atoms with Crippen LogP contribution in [0.3, 0.4) is 0 Å². The molecule has 0 aromatic heterocycles. The molecular weight excluding hydrogens is 1080 g/mol. The Labute approximate surface area is 379 Å². The maximum absolute atomic E-state index is 12.3. The smallest absolute Gasteiger partial charge is 0.873 e. The molecule has 0 heterocycles. The van der Waals surface area contributed by atoms with Crippen molar-refractivity contribution in [1.82, 2.24) is 0 Å². The first-order chi connectivity index (χ1) is 20.6. The summed E-state index contributed by atoms with van der Waals surface area (Å²) in [6, 6.07) is 4.14. The average Bonchev–Trinajstić information content (AvgIpc) is 2.97. The summed E-state index contributed by atoms with van der Waals surface area (Å²) >= 11 is 13.5. The van der Waals surface area contributed by atoms with Crippen LogP contribution < -0.4 is 10.2 Å². The Morgan fingerprint density at radius 3 is 0.938 bits per heavy atom. The SMILES string of the molecule is CC(C)N=Cc1c(Br)cc(Br)c([N-]C(C)C)c1[O-].CC(C)N=Cc1c(Br)cc(Br)c([N-]C(C)C)c1[O-].[CH2-]C.[CH2-]C.[CH2-]C.[CH2-]C.[Zn+2].[Zn+2].[Zn+2].[Zn+2]. The van der Waals surface area contributed by atoms with Crippen LogP contribution >= 0.6 is 63.7 Å². The molecule has 0 N–H and O–H groups in total. The summed E-state index contributed by atoms with van der Waals surface area (Å²) in [7, 11) is 0. The molecule has 256 valence electrons. The Bertz CT molecular complexity index is 1020. The average molecular weight is 1130 g/mol. The second kappa shape index (κ2) is 41.2. The van der Waals surface area contributed by atoms with Crippen molar-refractivity contribution < 1.29 is 88.1 Å². The van der Waals surface area contributed by atoms with Gasteiger partial charge in [0.05, 0.1) is 0 Å². The molecule has 0 aliphatic carbocycles. The summed E-state index contributed by atoms with van der Waals surface area (Å²) in [5.41, 5.74) is 2.01. The molecule has 48 heavy (non-hydrogen) atoms. The van der Waals surface area contributed by atoms with Gasteiger partial charge >= 0.3 is 77.9 Å². The van der Waals surface area contributed by atoms with Crippen molar-refractivity contribution in [1.29, 1.82) is 0 Å². The van der Waals surface area contributed by atoms with Gasteiger partial charge in [-0.25, -0.2) is 0 Å². The zero-order valence-corrected chi connectivity index (χ0v) is 49.6. The normalized spacial score (nSPS) is 9.33. The van der Waals surface area contributed by atoms with E-state index in [1.54, 1.807) is 40.1 Å². The van der Waals surface area contributed by atoms with Crippen LogP contribution in [-0.4, -0.2) is 36.6 Å². The maximum atomic E-state index is 12.3. The van der Waals surface area contributed by atoms with E-state index in [9.17, 15) is 10.2 Å². The predicted molar refractivity (Wildman–Crippen MR) is 208 cm³/mol. The second-order valence-electron chi connectivity index (χ2n) is 9.05. The van der Waals surface area contributed by atoms with Crippen LogP contribution in [0.4, 0.5) is 11.4 Å². The molecule has 0 saturated heterocycles. The second-order valence-corrected chi connectivity index (χ2v) is 12.5. The summed E-state index contributed by atoms with van der Waals surface area (Å²) in [4.78, 5) is 8.51. The fourth-order valence-electron chi connectivity index (χ4n) is 2.65. The van der Waals surface area contributed by atoms with Crippen LogP contribution in [0.25, 0.3) is 10.6 Å². The van der Waals surface area contributed by atoms with Crippen LogP contribution in [0.1, 0.15) is 94.2 Å². The zero-order valence-electron chi connectivity index (χ0n) is 31.4. The fourth-order valence-corrected chi connectivity index (χ4v) is 5.31. The van der Waals surface area contributed by atoms with Gasteiger partial charge < -0.3 is 48.5 Å². The minimum Gasteiger partial charge on any atom is -0.873 e. The number of hydrogen-bond donors (Lipinski definition) is 0. The van der Waals surface area contributed by atoms with Crippen molar-refractivity contribution in [3.63, 3.8) is 0 Å². The third-order valence-electron chi connectivity index (χ3n) is 4.17. The molecule has 0 unspecified atom stereocenters. The van der Waals surface area contributed by atoms with E-state index in [0.29, 0.717) is 31.4 Å². The number of nitrogens with zero attached hydrogens (tertiary/aromatic N) is 4. The first-order valence-corrected chi connectivity index (χ1v) is 17.5. The van der Waals surface area contributed by atoms with E-state index in [-0.39, 0.29) is 114 Å². The summed E-state index contributed by atoms with van der Waals surface area (Å²) < 4.78 is 2.86. The van der Waals surface area contributed by atoms with E-state index in [2.05, 4.69) is 112 Å². The molecule has 6 nitrogen and oxygen atoms in total. The van der Waals surface area contributed by atoms with Crippen molar-refractivity contribution >= 4 is 87.5 Å². The molecule has 0 aliphatic rings. The molecule has 0 radical (unpaired) electrons. The van der Waals surface area contributed by atoms with Gasteiger partial charge in [-0.2, -0.15) is 27.7 Å². The Morgan fingerprint density at radius 1 is 0.521 bits per heavy atom. The summed E-state index contributed by atoms with van der Waals surface area (Å²) in [6.07, 6.45) is 3.23. The third kappa shape index (κ3) is 28.9. The van der Waals surface area contributed by atoms with Crippen molar-refractivity contribution in [3.05, 3.63) is 79.5 Å². The Balaban J connectivity index is -0.0000000858. The number of hydrogen-bond acceptors (Lipinski definition) is 4. The van der Waals surface area contributed by atoms with Crippen molar-refractivity contribution in [2.24, 2.45) is 9.98 Å². The number of aliphatic imine (C=N–C) groups is 2. The molecule has 0 saturated carbocycles. The molecule has 0 aliphatic heterocycles. The van der Waals surface area contributed by atoms with E-state index in [1.165, 1.54) is 0 Å². The minimum absolute atomic E-state index is 0. The summed E-state index contributed by atoms with van der Waals surface area (Å²) in [5.74, 6) is -0.205. The maximum Gasteiger partial charge on any atom is 2.00 e. The largest absolute Gasteiger partial charge is 2.00 e. The van der Waals surface area contributed by atoms with E-state index in [4.69, 9.17) is 0 Å². The van der Waals surface area contributed by atoms with Crippen LogP contribution in [-0.2, 0) is 77.9 Å². The van der Waals surface area contributed by atoms with Gasteiger partial charge in [-0.1, -0.05) is 91.4 Å². The predicted octanol–water partition coefficient (Wildman–Crippen LogP) is 12.4. The molecule has 2 rings (SSSR count). The molecule has 14 heteroatoms. The molecule has 2 aromatic carbocycles. The van der Waals surface area contributed by atoms with Crippen LogP contribution in [0.15, 0.2) is 40.0 Å². The molecular formula is C34H52Br4N4O2Zn4. The molecule has 0 spiro atoms. The standard InChI is InChI=1S/2C13H17Br2N2O.4C2H5.4Zn/c2*1-7(2)16-6-9-10(14)5-11(15)12(13(9)18)17-8(3)4;4*1-2;;;;/h2*5-8H,1-4H3,(H,16,18);4*1H2,2H3;;;;/q6*-1;4*+2/p-2. The minimum atomic E-state index is -0.102. The van der Waals surface area contributed by atoms with Gasteiger partial charge in [0.2, 0.25) is 0 Å². The van der Waals surface area contributed by atoms with Gasteiger partial charge in [0.25, 0.3) is 0 Å². The third-order valence-corrected chi connectivity index (χ3v) is 6.69. The Hall–Kier alpha value is 1.39. The van der Waals surface area contributed by atoms with Crippen LogP contribution in [0, 0.1) is 27.7 Å². The molecule has 0 amide bonds. The van der Waals surface area contributed by atoms with Gasteiger partial charge in [-0.15, -0.1) is 35.0 Å². The van der Waals surface area contributed by atoms with Crippen LogP contribution in [0.5, 0.6) is 11.5 Å². The summed E-state index contributed by atoms with van der Waals surface area (Å²) in [6.45, 7) is 35.6. The van der Waals surface area contributed by atoms with E-state index in [0.717, 1.165) is 8.95 Å².